The zero-order chi connectivity index (χ0) is 13.0. The van der Waals surface area contributed by atoms with E-state index in [1.807, 2.05) is 18.7 Å². The van der Waals surface area contributed by atoms with E-state index in [4.69, 9.17) is 0 Å². The summed E-state index contributed by atoms with van der Waals surface area (Å²) in [5, 5.41) is 7.95. The summed E-state index contributed by atoms with van der Waals surface area (Å²) in [5.41, 5.74) is 1.12. The molecule has 1 aromatic heterocycles. The molecule has 0 amide bonds. The summed E-state index contributed by atoms with van der Waals surface area (Å²) >= 11 is 3.58. The van der Waals surface area contributed by atoms with Crippen LogP contribution in [-0.4, -0.2) is 28.5 Å². The van der Waals surface area contributed by atoms with E-state index >= 15 is 0 Å². The Labute approximate surface area is 118 Å². The molecule has 0 spiro atoms. The van der Waals surface area contributed by atoms with Gasteiger partial charge in [-0.2, -0.15) is 0 Å². The minimum absolute atomic E-state index is 0.590. The Kier molecular flexibility index (Phi) is 5.06. The Bertz CT molecular complexity index is 412. The Morgan fingerprint density at radius 1 is 1.56 bits per heavy atom. The number of thiazole rings is 1. The van der Waals surface area contributed by atoms with Gasteiger partial charge in [0.1, 0.15) is 0 Å². The van der Waals surface area contributed by atoms with Crippen LogP contribution in [0.3, 0.4) is 0 Å². The first kappa shape index (κ1) is 13.9. The first-order valence-electron chi connectivity index (χ1n) is 6.50. The Hall–Kier alpha value is -0.550. The smallest absolute Gasteiger partial charge is 0.156 e. The molecule has 0 aromatic carbocycles. The monoisotopic (exact) mass is 283 g/mol. The fourth-order valence-corrected chi connectivity index (χ4v) is 3.66. The largest absolute Gasteiger partial charge is 0.362 e. The molecule has 1 aromatic rings. The number of nitrogens with zero attached hydrogens (tertiary/aromatic N) is 2. The third-order valence-corrected chi connectivity index (χ3v) is 5.02. The molecule has 1 atom stereocenters. The van der Waals surface area contributed by atoms with Crippen molar-refractivity contribution in [2.45, 2.75) is 39.7 Å². The number of aromatic nitrogens is 1. The van der Waals surface area contributed by atoms with Gasteiger partial charge in [-0.25, -0.2) is 4.98 Å². The zero-order valence-corrected chi connectivity index (χ0v) is 12.9. The van der Waals surface area contributed by atoms with Crippen LogP contribution in [-0.2, 0) is 6.42 Å². The molecule has 5 heteroatoms. The van der Waals surface area contributed by atoms with Gasteiger partial charge in [0, 0.05) is 35.8 Å². The van der Waals surface area contributed by atoms with E-state index in [1.165, 1.54) is 17.2 Å². The molecule has 1 aliphatic rings. The fourth-order valence-electron chi connectivity index (χ4n) is 1.92. The maximum atomic E-state index is 4.66. The van der Waals surface area contributed by atoms with Crippen molar-refractivity contribution in [3.63, 3.8) is 0 Å². The highest BCUT2D eigenvalue weighted by Crippen LogP contribution is 2.19. The second-order valence-corrected chi connectivity index (χ2v) is 6.98. The maximum Gasteiger partial charge on any atom is 0.156 e. The average molecular weight is 283 g/mol. The predicted molar refractivity (Wildman–Crippen MR) is 81.7 cm³/mol. The summed E-state index contributed by atoms with van der Waals surface area (Å²) in [6, 6.07) is 0.590. The molecule has 1 N–H and O–H groups in total. The van der Waals surface area contributed by atoms with Gasteiger partial charge in [0.15, 0.2) is 5.17 Å². The van der Waals surface area contributed by atoms with Crippen molar-refractivity contribution in [1.82, 2.24) is 10.3 Å². The Balaban J connectivity index is 1.82. The number of thioether (sulfide) groups is 1. The van der Waals surface area contributed by atoms with E-state index in [-0.39, 0.29) is 0 Å². The van der Waals surface area contributed by atoms with Crippen molar-refractivity contribution in [1.29, 1.82) is 0 Å². The molecule has 1 unspecified atom stereocenters. The highest BCUT2D eigenvalue weighted by atomic mass is 32.2. The van der Waals surface area contributed by atoms with Crippen molar-refractivity contribution < 1.29 is 0 Å². The normalized spacial score (nSPS) is 22.4. The van der Waals surface area contributed by atoms with Gasteiger partial charge in [-0.15, -0.1) is 11.3 Å². The van der Waals surface area contributed by atoms with Crippen LogP contribution < -0.4 is 5.32 Å². The van der Waals surface area contributed by atoms with Crippen LogP contribution in [0.2, 0.25) is 0 Å². The van der Waals surface area contributed by atoms with Gasteiger partial charge in [-0.05, 0) is 19.3 Å². The molecule has 1 aliphatic heterocycles. The minimum atomic E-state index is 0.590. The molecular weight excluding hydrogens is 262 g/mol. The lowest BCUT2D eigenvalue weighted by molar-refractivity contribution is 0.442. The average Bonchev–Trinajstić information content (AvgIpc) is 2.75. The maximum absolute atomic E-state index is 4.66. The van der Waals surface area contributed by atoms with Crippen LogP contribution in [0.4, 0.5) is 0 Å². The molecule has 1 fully saturated rings. The summed E-state index contributed by atoms with van der Waals surface area (Å²) in [6.45, 7) is 7.41. The molecule has 1 saturated heterocycles. The molecule has 18 heavy (non-hydrogen) atoms. The van der Waals surface area contributed by atoms with Gasteiger partial charge in [0.25, 0.3) is 0 Å². The number of rotatable bonds is 4. The van der Waals surface area contributed by atoms with Gasteiger partial charge in [0.2, 0.25) is 0 Å². The van der Waals surface area contributed by atoms with Gasteiger partial charge >= 0.3 is 0 Å². The molecule has 2 rings (SSSR count). The van der Waals surface area contributed by atoms with Crippen LogP contribution >= 0.6 is 23.1 Å². The number of amidine groups is 1. The summed E-state index contributed by atoms with van der Waals surface area (Å²) in [6.07, 6.45) is 2.20. The first-order valence-corrected chi connectivity index (χ1v) is 8.36. The molecule has 100 valence electrons. The predicted octanol–water partition coefficient (Wildman–Crippen LogP) is 3.10. The van der Waals surface area contributed by atoms with Crippen molar-refractivity contribution in [2.75, 3.05) is 12.3 Å². The molecule has 0 aliphatic carbocycles. The molecule has 0 bridgehead atoms. The van der Waals surface area contributed by atoms with Crippen LogP contribution in [0.1, 0.15) is 31.0 Å². The quantitative estimate of drug-likeness (QED) is 0.922. The van der Waals surface area contributed by atoms with E-state index in [0.29, 0.717) is 12.0 Å². The number of aryl methyl sites for hydroxylation is 1. The van der Waals surface area contributed by atoms with E-state index in [2.05, 4.69) is 34.5 Å². The zero-order valence-electron chi connectivity index (χ0n) is 11.3. The Morgan fingerprint density at radius 3 is 3.06 bits per heavy atom. The number of hydrogen-bond donors (Lipinski definition) is 1. The van der Waals surface area contributed by atoms with Crippen LogP contribution in [0.25, 0.3) is 0 Å². The lowest BCUT2D eigenvalue weighted by Gasteiger charge is -2.28. The summed E-state index contributed by atoms with van der Waals surface area (Å²) < 4.78 is 0. The second kappa shape index (κ2) is 6.57. The van der Waals surface area contributed by atoms with Gasteiger partial charge < -0.3 is 5.32 Å². The van der Waals surface area contributed by atoms with Crippen molar-refractivity contribution in [2.24, 2.45) is 10.9 Å². The lowest BCUT2D eigenvalue weighted by atomic mass is 10.0. The molecule has 0 saturated carbocycles. The van der Waals surface area contributed by atoms with E-state index < -0.39 is 0 Å². The standard InChI is InChI=1S/C13H21N3S2/c1-9(2)11-5-7-17-13(16-11)14-6-4-12-15-10(3)8-18-12/h8-9,11H,4-7H2,1-3H3,(H,14,16). The molecule has 3 nitrogen and oxygen atoms in total. The fraction of sp³-hybridized carbons (Fsp3) is 0.692. The van der Waals surface area contributed by atoms with Crippen molar-refractivity contribution in [3.8, 4) is 0 Å². The van der Waals surface area contributed by atoms with Crippen LogP contribution in [0.15, 0.2) is 10.4 Å². The lowest BCUT2D eigenvalue weighted by Crippen LogP contribution is -2.41. The van der Waals surface area contributed by atoms with Gasteiger partial charge in [0.05, 0.1) is 5.01 Å². The molecular formula is C13H21N3S2. The van der Waals surface area contributed by atoms with Gasteiger partial charge in [-0.3, -0.25) is 4.99 Å². The van der Waals surface area contributed by atoms with E-state index in [9.17, 15) is 0 Å². The van der Waals surface area contributed by atoms with E-state index in [1.54, 1.807) is 11.3 Å². The SMILES string of the molecule is Cc1csc(CCN=C2NC(C(C)C)CCS2)n1. The van der Waals surface area contributed by atoms with E-state index in [0.717, 1.165) is 23.8 Å². The highest BCUT2D eigenvalue weighted by Gasteiger charge is 2.19. The highest BCUT2D eigenvalue weighted by molar-refractivity contribution is 8.13. The molecule has 0 radical (unpaired) electrons. The summed E-state index contributed by atoms with van der Waals surface area (Å²) in [7, 11) is 0. The number of hydrogen-bond acceptors (Lipinski definition) is 4. The second-order valence-electron chi connectivity index (χ2n) is 4.95. The summed E-state index contributed by atoms with van der Waals surface area (Å²) in [4.78, 5) is 9.11. The van der Waals surface area contributed by atoms with Gasteiger partial charge in [-0.1, -0.05) is 25.6 Å². The summed E-state index contributed by atoms with van der Waals surface area (Å²) in [5.74, 6) is 1.86. The molecule has 2 heterocycles. The van der Waals surface area contributed by atoms with Crippen LogP contribution in [0, 0.1) is 12.8 Å². The minimum Gasteiger partial charge on any atom is -0.362 e. The number of nitrogens with one attached hydrogen (secondary N) is 1. The Morgan fingerprint density at radius 2 is 2.39 bits per heavy atom. The topological polar surface area (TPSA) is 37.3 Å². The first-order chi connectivity index (χ1) is 8.65. The number of aliphatic imine (C=N–C) groups is 1. The van der Waals surface area contributed by atoms with Crippen molar-refractivity contribution in [3.05, 3.63) is 16.1 Å². The van der Waals surface area contributed by atoms with Crippen LogP contribution in [0.5, 0.6) is 0 Å². The third-order valence-electron chi connectivity index (χ3n) is 3.03. The third kappa shape index (κ3) is 3.99. The van der Waals surface area contributed by atoms with Crippen molar-refractivity contribution >= 4 is 28.3 Å².